The molecule has 0 unspecified atom stereocenters. The third-order valence-corrected chi connectivity index (χ3v) is 1.35. The van der Waals surface area contributed by atoms with E-state index in [0.29, 0.717) is 5.88 Å². The van der Waals surface area contributed by atoms with Gasteiger partial charge in [0.25, 0.3) is 0 Å². The van der Waals surface area contributed by atoms with Gasteiger partial charge in [0.2, 0.25) is 5.88 Å². The van der Waals surface area contributed by atoms with E-state index < -0.39 is 0 Å². The summed E-state index contributed by atoms with van der Waals surface area (Å²) in [5.41, 5.74) is 1.07. The van der Waals surface area contributed by atoms with Gasteiger partial charge in [-0.05, 0) is 12.5 Å². The summed E-state index contributed by atoms with van der Waals surface area (Å²) in [6.07, 6.45) is 0.956. The molecule has 0 radical (unpaired) electrons. The maximum atomic E-state index is 4.95. The summed E-state index contributed by atoms with van der Waals surface area (Å²) in [6.45, 7) is 6.07. The van der Waals surface area contributed by atoms with Crippen molar-refractivity contribution in [1.82, 2.24) is 4.98 Å². The molecule has 0 amide bonds. The average Bonchev–Trinajstić information content (AvgIpc) is 2.21. The SMILES string of the molecule is CC.CCc1cccc(OC)n1. The van der Waals surface area contributed by atoms with Crippen LogP contribution in [0.3, 0.4) is 0 Å². The van der Waals surface area contributed by atoms with Crippen molar-refractivity contribution >= 4 is 0 Å². The Balaban J connectivity index is 0.000000561. The predicted octanol–water partition coefficient (Wildman–Crippen LogP) is 2.68. The van der Waals surface area contributed by atoms with Gasteiger partial charge in [0.15, 0.2) is 0 Å². The Labute approximate surface area is 74.6 Å². The third kappa shape index (κ3) is 3.37. The molecule has 2 nitrogen and oxygen atoms in total. The molecule has 12 heavy (non-hydrogen) atoms. The van der Waals surface area contributed by atoms with Crippen molar-refractivity contribution < 1.29 is 4.74 Å². The quantitative estimate of drug-likeness (QED) is 0.675. The first-order chi connectivity index (χ1) is 5.86. The van der Waals surface area contributed by atoms with Gasteiger partial charge in [0.05, 0.1) is 7.11 Å². The summed E-state index contributed by atoms with van der Waals surface area (Å²) < 4.78 is 4.95. The van der Waals surface area contributed by atoms with Crippen LogP contribution in [0.2, 0.25) is 0 Å². The highest BCUT2D eigenvalue weighted by atomic mass is 16.5. The van der Waals surface area contributed by atoms with E-state index >= 15 is 0 Å². The molecule has 0 aliphatic rings. The first kappa shape index (κ1) is 11.0. The molecule has 1 rings (SSSR count). The Morgan fingerprint density at radius 1 is 1.33 bits per heavy atom. The summed E-state index contributed by atoms with van der Waals surface area (Å²) in [5.74, 6) is 0.694. The second kappa shape index (κ2) is 6.65. The average molecular weight is 167 g/mol. The van der Waals surface area contributed by atoms with Crippen LogP contribution in [0.4, 0.5) is 0 Å². The van der Waals surface area contributed by atoms with E-state index in [1.165, 1.54) is 0 Å². The van der Waals surface area contributed by atoms with Crippen LogP contribution in [0.5, 0.6) is 5.88 Å². The predicted molar refractivity (Wildman–Crippen MR) is 51.5 cm³/mol. The minimum Gasteiger partial charge on any atom is -0.481 e. The summed E-state index contributed by atoms with van der Waals surface area (Å²) in [6, 6.07) is 5.78. The van der Waals surface area contributed by atoms with E-state index in [2.05, 4.69) is 11.9 Å². The molecule has 0 aliphatic heterocycles. The molecule has 1 aromatic heterocycles. The minimum atomic E-state index is 0.694. The third-order valence-electron chi connectivity index (χ3n) is 1.35. The Bertz CT molecular complexity index is 191. The van der Waals surface area contributed by atoms with E-state index in [0.717, 1.165) is 12.1 Å². The maximum Gasteiger partial charge on any atom is 0.213 e. The number of hydrogen-bond acceptors (Lipinski definition) is 2. The van der Waals surface area contributed by atoms with Crippen LogP contribution >= 0.6 is 0 Å². The summed E-state index contributed by atoms with van der Waals surface area (Å²) in [7, 11) is 1.63. The standard InChI is InChI=1S/C8H11NO.C2H6/c1-3-7-5-4-6-8(9-7)10-2;1-2/h4-6H,3H2,1-2H3;1-2H3. The highest BCUT2D eigenvalue weighted by Crippen LogP contribution is 2.06. The summed E-state index contributed by atoms with van der Waals surface area (Å²) in [5, 5.41) is 0. The molecule has 0 N–H and O–H groups in total. The molecule has 1 aromatic rings. The monoisotopic (exact) mass is 167 g/mol. The Hall–Kier alpha value is -1.05. The van der Waals surface area contributed by atoms with Crippen molar-refractivity contribution in [2.24, 2.45) is 0 Å². The van der Waals surface area contributed by atoms with Gasteiger partial charge in [-0.15, -0.1) is 0 Å². The molecule has 2 heteroatoms. The fourth-order valence-electron chi connectivity index (χ4n) is 0.768. The van der Waals surface area contributed by atoms with Crippen LogP contribution in [-0.4, -0.2) is 12.1 Å². The summed E-state index contributed by atoms with van der Waals surface area (Å²) >= 11 is 0. The van der Waals surface area contributed by atoms with E-state index in [9.17, 15) is 0 Å². The number of ether oxygens (including phenoxy) is 1. The second-order valence-electron chi connectivity index (χ2n) is 2.02. The molecule has 0 aromatic carbocycles. The topological polar surface area (TPSA) is 22.1 Å². The Morgan fingerprint density at radius 2 is 2.00 bits per heavy atom. The maximum absolute atomic E-state index is 4.95. The van der Waals surface area contributed by atoms with E-state index in [-0.39, 0.29) is 0 Å². The number of methoxy groups -OCH3 is 1. The van der Waals surface area contributed by atoms with Crippen molar-refractivity contribution in [3.05, 3.63) is 23.9 Å². The largest absolute Gasteiger partial charge is 0.481 e. The lowest BCUT2D eigenvalue weighted by Gasteiger charge is -1.98. The van der Waals surface area contributed by atoms with Crippen LogP contribution in [0, 0.1) is 0 Å². The number of aryl methyl sites for hydroxylation is 1. The van der Waals surface area contributed by atoms with Gasteiger partial charge in [-0.25, -0.2) is 4.98 Å². The zero-order valence-corrected chi connectivity index (χ0v) is 8.29. The molecular formula is C10H17NO. The molecule has 0 bridgehead atoms. The number of hydrogen-bond donors (Lipinski definition) is 0. The minimum absolute atomic E-state index is 0.694. The van der Waals surface area contributed by atoms with Crippen LogP contribution in [0.15, 0.2) is 18.2 Å². The molecule has 0 saturated carbocycles. The van der Waals surface area contributed by atoms with Crippen LogP contribution in [0.25, 0.3) is 0 Å². The van der Waals surface area contributed by atoms with Crippen molar-refractivity contribution in [3.63, 3.8) is 0 Å². The molecule has 0 saturated heterocycles. The fourth-order valence-corrected chi connectivity index (χ4v) is 0.768. The van der Waals surface area contributed by atoms with E-state index in [1.807, 2.05) is 32.0 Å². The zero-order chi connectivity index (χ0) is 9.40. The number of pyridine rings is 1. The lowest BCUT2D eigenvalue weighted by molar-refractivity contribution is 0.396. The molecular weight excluding hydrogens is 150 g/mol. The number of rotatable bonds is 2. The van der Waals surface area contributed by atoms with Gasteiger partial charge < -0.3 is 4.74 Å². The van der Waals surface area contributed by atoms with Gasteiger partial charge in [0.1, 0.15) is 0 Å². The molecule has 0 fully saturated rings. The van der Waals surface area contributed by atoms with E-state index in [1.54, 1.807) is 7.11 Å². The molecule has 68 valence electrons. The second-order valence-corrected chi connectivity index (χ2v) is 2.02. The van der Waals surface area contributed by atoms with Gasteiger partial charge in [0, 0.05) is 11.8 Å². The highest BCUT2D eigenvalue weighted by molar-refractivity contribution is 5.15. The lowest BCUT2D eigenvalue weighted by Crippen LogP contribution is -1.90. The van der Waals surface area contributed by atoms with E-state index in [4.69, 9.17) is 4.74 Å². The van der Waals surface area contributed by atoms with Crippen LogP contribution in [-0.2, 0) is 6.42 Å². The van der Waals surface area contributed by atoms with Crippen molar-refractivity contribution in [3.8, 4) is 5.88 Å². The Kier molecular flexibility index (Phi) is 6.07. The normalized spacial score (nSPS) is 8.33. The van der Waals surface area contributed by atoms with Crippen LogP contribution in [0.1, 0.15) is 26.5 Å². The number of nitrogens with zero attached hydrogens (tertiary/aromatic N) is 1. The number of aromatic nitrogens is 1. The zero-order valence-electron chi connectivity index (χ0n) is 8.29. The summed E-state index contributed by atoms with van der Waals surface area (Å²) in [4.78, 5) is 4.19. The fraction of sp³-hybridized carbons (Fsp3) is 0.500. The molecule has 0 atom stereocenters. The smallest absolute Gasteiger partial charge is 0.213 e. The van der Waals surface area contributed by atoms with Crippen molar-refractivity contribution in [1.29, 1.82) is 0 Å². The van der Waals surface area contributed by atoms with Gasteiger partial charge in [-0.2, -0.15) is 0 Å². The van der Waals surface area contributed by atoms with Gasteiger partial charge in [-0.1, -0.05) is 26.8 Å². The van der Waals surface area contributed by atoms with Crippen molar-refractivity contribution in [2.75, 3.05) is 7.11 Å². The first-order valence-corrected chi connectivity index (χ1v) is 4.36. The first-order valence-electron chi connectivity index (χ1n) is 4.36. The lowest BCUT2D eigenvalue weighted by atomic mass is 10.3. The van der Waals surface area contributed by atoms with Gasteiger partial charge in [-0.3, -0.25) is 0 Å². The molecule has 1 heterocycles. The Morgan fingerprint density at radius 3 is 2.50 bits per heavy atom. The molecule has 0 aliphatic carbocycles. The van der Waals surface area contributed by atoms with Gasteiger partial charge >= 0.3 is 0 Å². The van der Waals surface area contributed by atoms with Crippen molar-refractivity contribution in [2.45, 2.75) is 27.2 Å². The highest BCUT2D eigenvalue weighted by Gasteiger charge is 1.92. The van der Waals surface area contributed by atoms with Crippen LogP contribution < -0.4 is 4.74 Å². The molecule has 0 spiro atoms.